The number of sulfone groups is 1. The molecule has 1 aromatic heterocycles. The molecule has 1 N–H and O–H groups in total. The average molecular weight is 357 g/mol. The molecule has 2 heterocycles. The molecule has 2 aromatic carbocycles. The lowest BCUT2D eigenvalue weighted by Crippen LogP contribution is -2.47. The summed E-state index contributed by atoms with van der Waals surface area (Å²) in [6.07, 6.45) is 0.420. The number of carbonyl (C=O) groups excluding carboxylic acids is 1. The van der Waals surface area contributed by atoms with Crippen LogP contribution in [0.5, 0.6) is 0 Å². The van der Waals surface area contributed by atoms with Gasteiger partial charge in [0.2, 0.25) is 0 Å². The van der Waals surface area contributed by atoms with E-state index in [0.29, 0.717) is 12.0 Å². The van der Waals surface area contributed by atoms with Crippen LogP contribution < -0.4 is 5.32 Å². The van der Waals surface area contributed by atoms with Crippen LogP contribution in [0.15, 0.2) is 40.8 Å². The van der Waals surface area contributed by atoms with Crippen molar-refractivity contribution in [1.29, 1.82) is 0 Å². The Morgan fingerprint density at radius 3 is 2.64 bits per heavy atom. The second kappa shape index (κ2) is 5.33. The predicted octanol–water partition coefficient (Wildman–Crippen LogP) is 3.20. The smallest absolute Gasteiger partial charge is 0.287 e. The van der Waals surface area contributed by atoms with Gasteiger partial charge in [-0.05, 0) is 25.7 Å². The van der Waals surface area contributed by atoms with E-state index in [2.05, 4.69) is 5.32 Å². The van der Waals surface area contributed by atoms with Crippen LogP contribution in [0, 0.1) is 6.92 Å². The van der Waals surface area contributed by atoms with Crippen molar-refractivity contribution >= 4 is 37.5 Å². The molecule has 1 aliphatic rings. The first kappa shape index (κ1) is 16.1. The zero-order valence-corrected chi connectivity index (χ0v) is 14.9. The zero-order chi connectivity index (χ0) is 17.8. The van der Waals surface area contributed by atoms with Crippen LogP contribution in [0.2, 0.25) is 0 Å². The van der Waals surface area contributed by atoms with Gasteiger partial charge in [0.25, 0.3) is 5.91 Å². The molecule has 1 unspecified atom stereocenters. The van der Waals surface area contributed by atoms with Crippen molar-refractivity contribution in [3.63, 3.8) is 0 Å². The number of furan rings is 1. The lowest BCUT2D eigenvalue weighted by Gasteiger charge is -2.23. The van der Waals surface area contributed by atoms with Crippen molar-refractivity contribution in [2.45, 2.75) is 25.8 Å². The van der Waals surface area contributed by atoms with Crippen LogP contribution >= 0.6 is 0 Å². The van der Waals surface area contributed by atoms with Crippen LogP contribution in [0.1, 0.15) is 29.5 Å². The number of fused-ring (bicyclic) bond motifs is 3. The van der Waals surface area contributed by atoms with Crippen LogP contribution in [0.25, 0.3) is 21.7 Å². The maximum atomic E-state index is 12.7. The van der Waals surface area contributed by atoms with E-state index in [1.54, 1.807) is 6.92 Å². The molecule has 4 rings (SSSR count). The Kier molecular flexibility index (Phi) is 3.44. The highest BCUT2D eigenvalue weighted by Gasteiger charge is 2.40. The van der Waals surface area contributed by atoms with Crippen LogP contribution in [0.3, 0.4) is 0 Å². The third-order valence-electron chi connectivity index (χ3n) is 4.95. The molecular weight excluding hydrogens is 338 g/mol. The monoisotopic (exact) mass is 357 g/mol. The van der Waals surface area contributed by atoms with Gasteiger partial charge < -0.3 is 9.73 Å². The summed E-state index contributed by atoms with van der Waals surface area (Å²) in [7, 11) is -3.09. The molecule has 1 aliphatic heterocycles. The zero-order valence-electron chi connectivity index (χ0n) is 14.1. The Labute approximate surface area is 145 Å². The molecule has 1 fully saturated rings. The molecule has 5 nitrogen and oxygen atoms in total. The van der Waals surface area contributed by atoms with Gasteiger partial charge in [-0.15, -0.1) is 0 Å². The molecule has 6 heteroatoms. The molecule has 3 aromatic rings. The van der Waals surface area contributed by atoms with E-state index < -0.39 is 15.4 Å². The maximum absolute atomic E-state index is 12.7. The fourth-order valence-corrected chi connectivity index (χ4v) is 5.70. The summed E-state index contributed by atoms with van der Waals surface area (Å²) in [5.74, 6) is -0.0455. The van der Waals surface area contributed by atoms with E-state index in [0.717, 1.165) is 21.7 Å². The largest absolute Gasteiger partial charge is 0.450 e. The lowest BCUT2D eigenvalue weighted by atomic mass is 10.0. The number of amides is 1. The molecule has 1 atom stereocenters. The molecule has 25 heavy (non-hydrogen) atoms. The molecular formula is C19H19NO4S. The summed E-state index contributed by atoms with van der Waals surface area (Å²) in [4.78, 5) is 12.7. The molecule has 0 bridgehead atoms. The quantitative estimate of drug-likeness (QED) is 0.764. The van der Waals surface area contributed by atoms with E-state index in [1.165, 1.54) is 0 Å². The van der Waals surface area contributed by atoms with E-state index in [-0.39, 0.29) is 23.2 Å². The molecule has 0 aliphatic carbocycles. The SMILES string of the molecule is Cc1c(C(=O)NC2(C)CCS(=O)(=O)C2)oc2c1ccc1ccccc12. The normalized spacial score (nSPS) is 22.5. The first-order chi connectivity index (χ1) is 11.8. The molecule has 0 radical (unpaired) electrons. The van der Waals surface area contributed by atoms with Crippen molar-refractivity contribution in [2.75, 3.05) is 11.5 Å². The maximum Gasteiger partial charge on any atom is 0.287 e. The van der Waals surface area contributed by atoms with Gasteiger partial charge in [0, 0.05) is 16.3 Å². The Balaban J connectivity index is 1.75. The van der Waals surface area contributed by atoms with Crippen molar-refractivity contribution in [3.05, 3.63) is 47.7 Å². The number of nitrogens with one attached hydrogen (secondary N) is 1. The average Bonchev–Trinajstić information content (AvgIpc) is 3.04. The molecule has 1 saturated heterocycles. The summed E-state index contributed by atoms with van der Waals surface area (Å²) >= 11 is 0. The minimum absolute atomic E-state index is 0.0338. The highest BCUT2D eigenvalue weighted by atomic mass is 32.2. The van der Waals surface area contributed by atoms with Gasteiger partial charge >= 0.3 is 0 Å². The number of hydrogen-bond donors (Lipinski definition) is 1. The molecule has 0 spiro atoms. The standard InChI is InChI=1S/C19H19NO4S/c1-12-14-8-7-13-5-3-4-6-15(13)17(14)24-16(12)18(21)20-19(2)9-10-25(22,23)11-19/h3-8H,9-11H2,1-2H3,(H,20,21). The first-order valence-corrected chi connectivity index (χ1v) is 10.0. The third kappa shape index (κ3) is 2.70. The highest BCUT2D eigenvalue weighted by Crippen LogP contribution is 2.32. The van der Waals surface area contributed by atoms with E-state index in [1.807, 2.05) is 43.3 Å². The summed E-state index contributed by atoms with van der Waals surface area (Å²) in [6, 6.07) is 11.8. The molecule has 0 saturated carbocycles. The lowest BCUT2D eigenvalue weighted by molar-refractivity contribution is 0.0888. The minimum atomic E-state index is -3.09. The van der Waals surface area contributed by atoms with E-state index in [9.17, 15) is 13.2 Å². The molecule has 1 amide bonds. The molecule has 130 valence electrons. The summed E-state index contributed by atoms with van der Waals surface area (Å²) in [5.41, 5.74) is 0.705. The van der Waals surface area contributed by atoms with Gasteiger partial charge in [-0.2, -0.15) is 0 Å². The fraction of sp³-hybridized carbons (Fsp3) is 0.316. The second-order valence-corrected chi connectivity index (χ2v) is 9.26. The number of rotatable bonds is 2. The Morgan fingerprint density at radius 1 is 1.16 bits per heavy atom. The fourth-order valence-electron chi connectivity index (χ4n) is 3.61. The van der Waals surface area contributed by atoms with Crippen LogP contribution in [0.4, 0.5) is 0 Å². The van der Waals surface area contributed by atoms with Crippen molar-refractivity contribution in [3.8, 4) is 0 Å². The van der Waals surface area contributed by atoms with Crippen LogP contribution in [-0.4, -0.2) is 31.4 Å². The van der Waals surface area contributed by atoms with E-state index in [4.69, 9.17) is 4.42 Å². The van der Waals surface area contributed by atoms with Gasteiger partial charge in [-0.25, -0.2) is 8.42 Å². The van der Waals surface area contributed by atoms with E-state index >= 15 is 0 Å². The first-order valence-electron chi connectivity index (χ1n) is 8.22. The number of benzene rings is 2. The van der Waals surface area contributed by atoms with Crippen molar-refractivity contribution < 1.29 is 17.6 Å². The number of aryl methyl sites for hydroxylation is 1. The van der Waals surface area contributed by atoms with Gasteiger partial charge in [0.1, 0.15) is 5.58 Å². The summed E-state index contributed by atoms with van der Waals surface area (Å²) in [5, 5.41) is 5.76. The van der Waals surface area contributed by atoms with Gasteiger partial charge in [0.05, 0.1) is 17.0 Å². The second-order valence-electron chi connectivity index (χ2n) is 7.08. The topological polar surface area (TPSA) is 76.4 Å². The Bertz CT molecular complexity index is 1110. The van der Waals surface area contributed by atoms with Crippen molar-refractivity contribution in [1.82, 2.24) is 5.32 Å². The van der Waals surface area contributed by atoms with Gasteiger partial charge in [-0.1, -0.05) is 36.4 Å². The van der Waals surface area contributed by atoms with Crippen molar-refractivity contribution in [2.24, 2.45) is 0 Å². The highest BCUT2D eigenvalue weighted by molar-refractivity contribution is 7.91. The number of carbonyl (C=O) groups is 1. The number of hydrogen-bond acceptors (Lipinski definition) is 4. The predicted molar refractivity (Wildman–Crippen MR) is 97.6 cm³/mol. The van der Waals surface area contributed by atoms with Gasteiger partial charge in [-0.3, -0.25) is 4.79 Å². The minimum Gasteiger partial charge on any atom is -0.450 e. The summed E-state index contributed by atoms with van der Waals surface area (Å²) < 4.78 is 29.4. The van der Waals surface area contributed by atoms with Gasteiger partial charge in [0.15, 0.2) is 15.6 Å². The Hall–Kier alpha value is -2.34. The summed E-state index contributed by atoms with van der Waals surface area (Å²) in [6.45, 7) is 3.62. The third-order valence-corrected chi connectivity index (χ3v) is 6.86. The van der Waals surface area contributed by atoms with Crippen LogP contribution in [-0.2, 0) is 9.84 Å². The Morgan fingerprint density at radius 2 is 1.92 bits per heavy atom.